The zero-order valence-electron chi connectivity index (χ0n) is 8.37. The van der Waals surface area contributed by atoms with E-state index < -0.39 is 0 Å². The van der Waals surface area contributed by atoms with E-state index >= 15 is 0 Å². The number of rotatable bonds is 4. The molecule has 2 N–H and O–H groups in total. The maximum absolute atomic E-state index is 10.2. The zero-order valence-corrected chi connectivity index (χ0v) is 8.37. The van der Waals surface area contributed by atoms with Crippen molar-refractivity contribution >= 4 is 17.7 Å². The Morgan fingerprint density at radius 2 is 2.40 bits per heavy atom. The van der Waals surface area contributed by atoms with E-state index in [-0.39, 0.29) is 12.3 Å². The summed E-state index contributed by atoms with van der Waals surface area (Å²) in [6.45, 7) is 2.06. The number of nitriles is 1. The highest BCUT2D eigenvalue weighted by Crippen LogP contribution is 2.17. The van der Waals surface area contributed by atoms with Crippen LogP contribution in [0.25, 0.3) is 0 Å². The number of nitrogens with one attached hydrogen (secondary N) is 2. The molecule has 76 valence electrons. The molecule has 1 aromatic rings. The molecule has 0 saturated heterocycles. The van der Waals surface area contributed by atoms with Crippen LogP contribution in [0.15, 0.2) is 18.2 Å². The van der Waals surface area contributed by atoms with Gasteiger partial charge in [-0.2, -0.15) is 5.26 Å². The van der Waals surface area contributed by atoms with Gasteiger partial charge in [0.15, 0.2) is 0 Å². The molecule has 0 unspecified atom stereocenters. The summed E-state index contributed by atoms with van der Waals surface area (Å²) in [5, 5.41) is 19.0. The van der Waals surface area contributed by atoms with Crippen molar-refractivity contribution < 1.29 is 4.79 Å². The number of carbonyl (C=O) groups excluding carboxylic acids is 1. The minimum atomic E-state index is -0.105. The molecule has 0 amide bonds. The Morgan fingerprint density at radius 3 is 3.00 bits per heavy atom. The van der Waals surface area contributed by atoms with Crippen molar-refractivity contribution in [3.63, 3.8) is 0 Å². The lowest BCUT2D eigenvalue weighted by molar-refractivity contribution is -0.106. The van der Waals surface area contributed by atoms with Gasteiger partial charge in [0, 0.05) is 11.3 Å². The summed E-state index contributed by atoms with van der Waals surface area (Å²) < 4.78 is 0. The molecule has 0 bridgehead atoms. The third-order valence-electron chi connectivity index (χ3n) is 1.93. The highest BCUT2D eigenvalue weighted by Gasteiger charge is 2.06. The molecule has 0 aliphatic carbocycles. The second-order valence-electron chi connectivity index (χ2n) is 3.08. The van der Waals surface area contributed by atoms with Crippen molar-refractivity contribution in [1.29, 1.82) is 10.7 Å². The van der Waals surface area contributed by atoms with Crippen molar-refractivity contribution in [3.8, 4) is 6.07 Å². The van der Waals surface area contributed by atoms with Crippen LogP contribution in [-0.4, -0.2) is 18.5 Å². The van der Waals surface area contributed by atoms with Crippen LogP contribution in [0.1, 0.15) is 11.1 Å². The van der Waals surface area contributed by atoms with Crippen molar-refractivity contribution in [1.82, 2.24) is 0 Å². The first-order chi connectivity index (χ1) is 7.19. The molecule has 15 heavy (non-hydrogen) atoms. The van der Waals surface area contributed by atoms with Crippen LogP contribution in [0, 0.1) is 23.7 Å². The summed E-state index contributed by atoms with van der Waals surface area (Å²) in [6.07, 6.45) is 0.736. The van der Waals surface area contributed by atoms with Crippen molar-refractivity contribution in [3.05, 3.63) is 29.3 Å². The summed E-state index contributed by atoms with van der Waals surface area (Å²) in [5.74, 6) is 0. The smallest absolute Gasteiger partial charge is 0.141 e. The van der Waals surface area contributed by atoms with Crippen molar-refractivity contribution in [2.45, 2.75) is 6.92 Å². The van der Waals surface area contributed by atoms with Gasteiger partial charge in [-0.25, -0.2) is 0 Å². The quantitative estimate of drug-likeness (QED) is 0.572. The molecule has 1 aromatic carbocycles. The van der Waals surface area contributed by atoms with E-state index in [1.165, 1.54) is 0 Å². The van der Waals surface area contributed by atoms with Gasteiger partial charge in [-0.1, -0.05) is 11.6 Å². The number of anilines is 1. The molecule has 0 aliphatic heterocycles. The zero-order chi connectivity index (χ0) is 11.3. The van der Waals surface area contributed by atoms with Crippen molar-refractivity contribution in [2.75, 3.05) is 11.9 Å². The predicted molar refractivity (Wildman–Crippen MR) is 58.2 cm³/mol. The summed E-state index contributed by atoms with van der Waals surface area (Å²) in [4.78, 5) is 10.2. The van der Waals surface area contributed by atoms with Crippen LogP contribution < -0.4 is 5.32 Å². The van der Waals surface area contributed by atoms with E-state index in [1.807, 2.05) is 13.0 Å². The lowest BCUT2D eigenvalue weighted by Gasteiger charge is -2.08. The van der Waals surface area contributed by atoms with Gasteiger partial charge in [0.25, 0.3) is 0 Å². The summed E-state index contributed by atoms with van der Waals surface area (Å²) in [7, 11) is 0. The number of aldehydes is 1. The van der Waals surface area contributed by atoms with Gasteiger partial charge in [0.05, 0.1) is 6.54 Å². The second-order valence-corrected chi connectivity index (χ2v) is 3.08. The monoisotopic (exact) mass is 201 g/mol. The lowest BCUT2D eigenvalue weighted by Crippen LogP contribution is -2.07. The van der Waals surface area contributed by atoms with Gasteiger partial charge in [-0.15, -0.1) is 0 Å². The molecule has 0 aliphatic rings. The SMILES string of the molecule is Cc1ccc(NCC=O)c(C(=N)C#N)c1. The molecule has 0 spiro atoms. The first-order valence-corrected chi connectivity index (χ1v) is 4.46. The highest BCUT2D eigenvalue weighted by atomic mass is 16.1. The Hall–Kier alpha value is -2.15. The van der Waals surface area contributed by atoms with E-state index in [0.717, 1.165) is 11.8 Å². The van der Waals surface area contributed by atoms with Gasteiger partial charge in [0.1, 0.15) is 18.1 Å². The first kappa shape index (κ1) is 10.9. The number of benzene rings is 1. The summed E-state index contributed by atoms with van der Waals surface area (Å²) in [6, 6.07) is 7.16. The highest BCUT2D eigenvalue weighted by molar-refractivity contribution is 6.13. The molecular formula is C11H11N3O. The largest absolute Gasteiger partial charge is 0.378 e. The number of hydrogen-bond donors (Lipinski definition) is 2. The summed E-state index contributed by atoms with van der Waals surface area (Å²) >= 11 is 0. The van der Waals surface area contributed by atoms with Crippen LogP contribution in [0.2, 0.25) is 0 Å². The fourth-order valence-electron chi connectivity index (χ4n) is 1.23. The Bertz CT molecular complexity index is 432. The van der Waals surface area contributed by atoms with Crippen LogP contribution in [0.3, 0.4) is 0 Å². The van der Waals surface area contributed by atoms with Crippen LogP contribution in [0.5, 0.6) is 0 Å². The maximum atomic E-state index is 10.2. The molecule has 1 rings (SSSR count). The maximum Gasteiger partial charge on any atom is 0.141 e. The molecular weight excluding hydrogens is 190 g/mol. The van der Waals surface area contributed by atoms with E-state index in [9.17, 15) is 4.79 Å². The molecule has 0 saturated carbocycles. The average Bonchev–Trinajstić information content (AvgIpc) is 2.26. The molecule has 0 atom stereocenters. The number of nitrogens with zero attached hydrogens (tertiary/aromatic N) is 1. The second kappa shape index (κ2) is 4.91. The minimum Gasteiger partial charge on any atom is -0.378 e. The Kier molecular flexibility index (Phi) is 3.58. The number of aryl methyl sites for hydroxylation is 1. The normalized spacial score (nSPS) is 9.07. The van der Waals surface area contributed by atoms with Gasteiger partial charge >= 0.3 is 0 Å². The topological polar surface area (TPSA) is 76.7 Å². The first-order valence-electron chi connectivity index (χ1n) is 4.46. The lowest BCUT2D eigenvalue weighted by atomic mass is 10.1. The number of carbonyl (C=O) groups is 1. The third kappa shape index (κ3) is 2.64. The van der Waals surface area contributed by atoms with E-state index in [1.54, 1.807) is 18.2 Å². The Balaban J connectivity index is 3.09. The van der Waals surface area contributed by atoms with Gasteiger partial charge < -0.3 is 10.1 Å². The number of hydrogen-bond acceptors (Lipinski definition) is 4. The van der Waals surface area contributed by atoms with Crippen LogP contribution in [0.4, 0.5) is 5.69 Å². The van der Waals surface area contributed by atoms with Crippen LogP contribution in [-0.2, 0) is 4.79 Å². The minimum absolute atomic E-state index is 0.105. The molecule has 0 aromatic heterocycles. The van der Waals surface area contributed by atoms with E-state index in [4.69, 9.17) is 10.7 Å². The standard InChI is InChI=1S/C11H11N3O/c1-8-2-3-11(14-4-5-15)9(6-8)10(13)7-12/h2-3,5-6,13-14H,4H2,1H3. The van der Waals surface area contributed by atoms with E-state index in [2.05, 4.69) is 5.32 Å². The molecule has 4 nitrogen and oxygen atoms in total. The summed E-state index contributed by atoms with van der Waals surface area (Å²) in [5.41, 5.74) is 2.03. The fraction of sp³-hybridized carbons (Fsp3) is 0.182. The Morgan fingerprint density at radius 1 is 1.67 bits per heavy atom. The molecule has 4 heteroatoms. The van der Waals surface area contributed by atoms with Gasteiger partial charge in [-0.3, -0.25) is 5.41 Å². The van der Waals surface area contributed by atoms with E-state index in [0.29, 0.717) is 11.3 Å². The third-order valence-corrected chi connectivity index (χ3v) is 1.93. The van der Waals surface area contributed by atoms with Gasteiger partial charge in [0.2, 0.25) is 0 Å². The Labute approximate surface area is 88.0 Å². The average molecular weight is 201 g/mol. The molecule has 0 heterocycles. The fourth-order valence-corrected chi connectivity index (χ4v) is 1.23. The molecule has 0 radical (unpaired) electrons. The van der Waals surface area contributed by atoms with Crippen molar-refractivity contribution in [2.24, 2.45) is 0 Å². The van der Waals surface area contributed by atoms with Gasteiger partial charge in [-0.05, 0) is 19.1 Å². The molecule has 0 fully saturated rings. The van der Waals surface area contributed by atoms with Crippen LogP contribution >= 0.6 is 0 Å². The predicted octanol–water partition coefficient (Wildman–Crippen LogP) is 1.50.